The molecule has 1 fully saturated rings. The molecule has 1 aromatic carbocycles. The van der Waals surface area contributed by atoms with E-state index in [2.05, 4.69) is 37.2 Å². The van der Waals surface area contributed by atoms with Crippen LogP contribution in [0.4, 0.5) is 10.1 Å². The van der Waals surface area contributed by atoms with Crippen molar-refractivity contribution < 1.29 is 4.39 Å². The van der Waals surface area contributed by atoms with Crippen LogP contribution in [0.2, 0.25) is 0 Å². The summed E-state index contributed by atoms with van der Waals surface area (Å²) >= 11 is 0. The molecule has 1 aliphatic rings. The summed E-state index contributed by atoms with van der Waals surface area (Å²) in [6, 6.07) is 6.08. The van der Waals surface area contributed by atoms with Crippen LogP contribution >= 0.6 is 0 Å². The predicted molar refractivity (Wildman–Crippen MR) is 88.4 cm³/mol. The van der Waals surface area contributed by atoms with E-state index in [1.807, 2.05) is 6.07 Å². The van der Waals surface area contributed by atoms with Gasteiger partial charge in [0.25, 0.3) is 0 Å². The second kappa shape index (κ2) is 7.79. The number of anilines is 1. The van der Waals surface area contributed by atoms with Crippen LogP contribution in [0.3, 0.4) is 0 Å². The zero-order valence-electron chi connectivity index (χ0n) is 13.7. The highest BCUT2D eigenvalue weighted by molar-refractivity contribution is 5.55. The van der Waals surface area contributed by atoms with Gasteiger partial charge in [-0.1, -0.05) is 32.3 Å². The largest absolute Gasteiger partial charge is 0.371 e. The molecule has 0 radical (unpaired) electrons. The molecule has 0 bridgehead atoms. The Labute approximate surface area is 128 Å². The van der Waals surface area contributed by atoms with Gasteiger partial charge in [-0.25, -0.2) is 4.39 Å². The first kappa shape index (κ1) is 16.3. The minimum Gasteiger partial charge on any atom is -0.371 e. The number of halogens is 1. The van der Waals surface area contributed by atoms with Gasteiger partial charge in [-0.05, 0) is 44.9 Å². The molecule has 2 rings (SSSR count). The van der Waals surface area contributed by atoms with E-state index in [0.717, 1.165) is 24.2 Å². The van der Waals surface area contributed by atoms with Crippen LogP contribution in [0.15, 0.2) is 18.2 Å². The van der Waals surface area contributed by atoms with Crippen molar-refractivity contribution in [2.45, 2.75) is 64.5 Å². The zero-order valence-corrected chi connectivity index (χ0v) is 13.7. The highest BCUT2D eigenvalue weighted by Gasteiger charge is 2.23. The quantitative estimate of drug-likeness (QED) is 0.820. The monoisotopic (exact) mass is 292 g/mol. The van der Waals surface area contributed by atoms with Crippen molar-refractivity contribution in [3.8, 4) is 0 Å². The Bertz CT molecular complexity index is 441. The zero-order chi connectivity index (χ0) is 15.2. The van der Waals surface area contributed by atoms with Crippen molar-refractivity contribution in [2.75, 3.05) is 18.5 Å². The lowest BCUT2D eigenvalue weighted by molar-refractivity contribution is 0.425. The molecule has 0 amide bonds. The van der Waals surface area contributed by atoms with E-state index in [0.29, 0.717) is 6.04 Å². The van der Waals surface area contributed by atoms with Crippen molar-refractivity contribution in [3.63, 3.8) is 0 Å². The second-order valence-electron chi connectivity index (χ2n) is 6.25. The molecule has 1 N–H and O–H groups in total. The second-order valence-corrected chi connectivity index (χ2v) is 6.25. The molecule has 0 spiro atoms. The first-order valence-corrected chi connectivity index (χ1v) is 8.39. The third kappa shape index (κ3) is 3.97. The summed E-state index contributed by atoms with van der Waals surface area (Å²) in [7, 11) is 2.13. The van der Waals surface area contributed by atoms with Gasteiger partial charge in [0, 0.05) is 30.4 Å². The van der Waals surface area contributed by atoms with E-state index < -0.39 is 0 Å². The maximum absolute atomic E-state index is 14.4. The molecule has 1 saturated carbocycles. The number of nitrogens with one attached hydrogen (secondary N) is 1. The van der Waals surface area contributed by atoms with Crippen LogP contribution in [0.5, 0.6) is 0 Å². The van der Waals surface area contributed by atoms with Crippen molar-refractivity contribution in [3.05, 3.63) is 29.6 Å². The third-order valence-electron chi connectivity index (χ3n) is 4.67. The number of hydrogen-bond acceptors (Lipinski definition) is 2. The van der Waals surface area contributed by atoms with Gasteiger partial charge >= 0.3 is 0 Å². The van der Waals surface area contributed by atoms with E-state index in [9.17, 15) is 4.39 Å². The van der Waals surface area contributed by atoms with Crippen molar-refractivity contribution in [1.82, 2.24) is 5.32 Å². The van der Waals surface area contributed by atoms with Crippen LogP contribution in [0.25, 0.3) is 0 Å². The molecule has 118 valence electrons. The molecule has 0 aromatic heterocycles. The minimum atomic E-state index is -0.0914. The molecule has 0 heterocycles. The molecule has 1 aliphatic carbocycles. The SMILES string of the molecule is CCCNC(C)c1c(F)cccc1N(C)C1CCCCC1. The number of benzene rings is 1. The molecule has 1 unspecified atom stereocenters. The van der Waals surface area contributed by atoms with Gasteiger partial charge in [-0.15, -0.1) is 0 Å². The van der Waals surface area contributed by atoms with E-state index >= 15 is 0 Å². The maximum atomic E-state index is 14.4. The Morgan fingerprint density at radius 2 is 2.00 bits per heavy atom. The van der Waals surface area contributed by atoms with Crippen molar-refractivity contribution in [2.24, 2.45) is 0 Å². The Balaban J connectivity index is 2.23. The summed E-state index contributed by atoms with van der Waals surface area (Å²) in [5, 5.41) is 3.42. The maximum Gasteiger partial charge on any atom is 0.130 e. The molecule has 2 nitrogen and oxygen atoms in total. The lowest BCUT2D eigenvalue weighted by atomic mass is 9.93. The molecular weight excluding hydrogens is 263 g/mol. The van der Waals surface area contributed by atoms with Crippen molar-refractivity contribution in [1.29, 1.82) is 0 Å². The number of nitrogens with zero attached hydrogens (tertiary/aromatic N) is 1. The van der Waals surface area contributed by atoms with Crippen LogP contribution in [0, 0.1) is 5.82 Å². The predicted octanol–water partition coefficient (Wildman–Crippen LogP) is 4.66. The Kier molecular flexibility index (Phi) is 6.04. The molecule has 1 atom stereocenters. The van der Waals surface area contributed by atoms with Gasteiger partial charge in [-0.2, -0.15) is 0 Å². The average molecular weight is 292 g/mol. The first-order valence-electron chi connectivity index (χ1n) is 8.39. The van der Waals surface area contributed by atoms with Gasteiger partial charge < -0.3 is 10.2 Å². The summed E-state index contributed by atoms with van der Waals surface area (Å²) in [5.74, 6) is -0.0914. The van der Waals surface area contributed by atoms with Crippen LogP contribution in [-0.4, -0.2) is 19.6 Å². The Morgan fingerprint density at radius 1 is 1.29 bits per heavy atom. The van der Waals surface area contributed by atoms with E-state index in [1.165, 1.54) is 32.1 Å². The molecule has 3 heteroatoms. The molecule has 0 aliphatic heterocycles. The van der Waals surface area contributed by atoms with Crippen LogP contribution in [-0.2, 0) is 0 Å². The summed E-state index contributed by atoms with van der Waals surface area (Å²) in [5.41, 5.74) is 1.87. The summed E-state index contributed by atoms with van der Waals surface area (Å²) in [6.45, 7) is 5.12. The fraction of sp³-hybridized carbons (Fsp3) is 0.667. The Morgan fingerprint density at radius 3 is 2.67 bits per heavy atom. The number of hydrogen-bond donors (Lipinski definition) is 1. The fourth-order valence-corrected chi connectivity index (χ4v) is 3.39. The third-order valence-corrected chi connectivity index (χ3v) is 4.67. The Hall–Kier alpha value is -1.09. The highest BCUT2D eigenvalue weighted by atomic mass is 19.1. The lowest BCUT2D eigenvalue weighted by Crippen LogP contribution is -2.35. The normalized spacial score (nSPS) is 17.7. The first-order chi connectivity index (χ1) is 10.1. The van der Waals surface area contributed by atoms with Gasteiger partial charge in [0.1, 0.15) is 5.82 Å². The number of rotatable bonds is 6. The summed E-state index contributed by atoms with van der Waals surface area (Å²) in [6.07, 6.45) is 7.44. The lowest BCUT2D eigenvalue weighted by Gasteiger charge is -2.35. The topological polar surface area (TPSA) is 15.3 Å². The minimum absolute atomic E-state index is 0.0483. The van der Waals surface area contributed by atoms with Gasteiger partial charge in [-0.3, -0.25) is 0 Å². The standard InChI is InChI=1S/C18H29FN2/c1-4-13-20-14(2)18-16(19)11-8-12-17(18)21(3)15-9-6-5-7-10-15/h8,11-12,14-15,20H,4-7,9-10,13H2,1-3H3. The van der Waals surface area contributed by atoms with Gasteiger partial charge in [0.05, 0.1) is 0 Å². The average Bonchev–Trinajstić information content (AvgIpc) is 2.52. The molecule has 0 saturated heterocycles. The summed E-state index contributed by atoms with van der Waals surface area (Å²) in [4.78, 5) is 2.31. The van der Waals surface area contributed by atoms with Crippen LogP contribution < -0.4 is 10.2 Å². The van der Waals surface area contributed by atoms with E-state index in [-0.39, 0.29) is 11.9 Å². The van der Waals surface area contributed by atoms with Crippen molar-refractivity contribution >= 4 is 5.69 Å². The smallest absolute Gasteiger partial charge is 0.130 e. The van der Waals surface area contributed by atoms with Gasteiger partial charge in [0.2, 0.25) is 0 Å². The molecular formula is C18H29FN2. The fourth-order valence-electron chi connectivity index (χ4n) is 3.39. The van der Waals surface area contributed by atoms with Crippen LogP contribution in [0.1, 0.15) is 64.0 Å². The molecule has 21 heavy (non-hydrogen) atoms. The molecule has 1 aromatic rings. The van der Waals surface area contributed by atoms with Gasteiger partial charge in [0.15, 0.2) is 0 Å². The highest BCUT2D eigenvalue weighted by Crippen LogP contribution is 2.32. The van der Waals surface area contributed by atoms with E-state index in [1.54, 1.807) is 6.07 Å². The summed E-state index contributed by atoms with van der Waals surface area (Å²) < 4.78 is 14.4. The van der Waals surface area contributed by atoms with E-state index in [4.69, 9.17) is 0 Å².